The zero-order valence-electron chi connectivity index (χ0n) is 15.1. The summed E-state index contributed by atoms with van der Waals surface area (Å²) in [5.74, 6) is 1.79. The average molecular weight is 422 g/mol. The molecule has 1 heterocycles. The molecule has 1 aromatic heterocycles. The maximum Gasteiger partial charge on any atom is 0.291 e. The molecule has 0 aliphatic carbocycles. The lowest BCUT2D eigenvalue weighted by Crippen LogP contribution is -2.11. The van der Waals surface area contributed by atoms with E-state index in [1.165, 1.54) is 14.2 Å². The topological polar surface area (TPSA) is 69.9 Å². The van der Waals surface area contributed by atoms with Crippen LogP contribution in [0.15, 0.2) is 52.9 Å². The van der Waals surface area contributed by atoms with Crippen molar-refractivity contribution in [2.24, 2.45) is 0 Å². The first kappa shape index (κ1) is 19.9. The first-order valence-corrected chi connectivity index (χ1v) is 8.95. The normalized spacial score (nSPS) is 10.4. The SMILES string of the molecule is COc1cc(NC(=O)c2ccc(COc3ccc(Cl)cc3Cl)o2)cc(OC)c1. The summed E-state index contributed by atoms with van der Waals surface area (Å²) in [7, 11) is 3.07. The molecule has 0 aliphatic heterocycles. The minimum Gasteiger partial charge on any atom is -0.497 e. The van der Waals surface area contributed by atoms with E-state index in [9.17, 15) is 4.79 Å². The van der Waals surface area contributed by atoms with Gasteiger partial charge in [0.05, 0.1) is 19.2 Å². The first-order valence-electron chi connectivity index (χ1n) is 8.19. The monoisotopic (exact) mass is 421 g/mol. The number of hydrogen-bond donors (Lipinski definition) is 1. The predicted molar refractivity (Wildman–Crippen MR) is 107 cm³/mol. The molecule has 0 spiro atoms. The Hall–Kier alpha value is -2.83. The van der Waals surface area contributed by atoms with E-state index in [0.29, 0.717) is 38.7 Å². The van der Waals surface area contributed by atoms with Crippen molar-refractivity contribution in [1.29, 1.82) is 0 Å². The number of carbonyl (C=O) groups is 1. The third kappa shape index (κ3) is 4.91. The van der Waals surface area contributed by atoms with Crippen LogP contribution in [0.2, 0.25) is 10.0 Å². The van der Waals surface area contributed by atoms with Crippen LogP contribution < -0.4 is 19.5 Å². The quantitative estimate of drug-likeness (QED) is 0.550. The number of furan rings is 1. The van der Waals surface area contributed by atoms with Crippen LogP contribution in [0.1, 0.15) is 16.3 Å². The maximum absolute atomic E-state index is 12.4. The van der Waals surface area contributed by atoms with Gasteiger partial charge in [0.2, 0.25) is 0 Å². The molecule has 0 atom stereocenters. The fourth-order valence-electron chi connectivity index (χ4n) is 2.39. The van der Waals surface area contributed by atoms with Gasteiger partial charge in [-0.05, 0) is 30.3 Å². The van der Waals surface area contributed by atoms with E-state index in [-0.39, 0.29) is 12.4 Å². The molecule has 146 valence electrons. The van der Waals surface area contributed by atoms with Gasteiger partial charge in [-0.15, -0.1) is 0 Å². The number of amides is 1. The van der Waals surface area contributed by atoms with Crippen LogP contribution in [-0.2, 0) is 6.61 Å². The molecule has 3 aromatic rings. The molecule has 0 fully saturated rings. The molecular weight excluding hydrogens is 405 g/mol. The van der Waals surface area contributed by atoms with Gasteiger partial charge in [0, 0.05) is 28.9 Å². The minimum absolute atomic E-state index is 0.113. The number of nitrogens with one attached hydrogen (secondary N) is 1. The second-order valence-corrected chi connectivity index (χ2v) is 6.53. The number of anilines is 1. The Morgan fingerprint density at radius 1 is 1.00 bits per heavy atom. The average Bonchev–Trinajstić information content (AvgIpc) is 3.16. The zero-order valence-corrected chi connectivity index (χ0v) is 16.6. The third-order valence-corrected chi connectivity index (χ3v) is 4.29. The zero-order chi connectivity index (χ0) is 20.1. The molecule has 2 aromatic carbocycles. The standard InChI is InChI=1S/C20H17Cl2NO5/c1-25-15-8-13(9-16(10-15)26-2)23-20(24)19-6-4-14(28-19)11-27-18-5-3-12(21)7-17(18)22/h3-10H,11H2,1-2H3,(H,23,24). The van der Waals surface area contributed by atoms with E-state index < -0.39 is 5.91 Å². The largest absolute Gasteiger partial charge is 0.497 e. The summed E-state index contributed by atoms with van der Waals surface area (Å²) in [4.78, 5) is 12.4. The summed E-state index contributed by atoms with van der Waals surface area (Å²) in [6.45, 7) is 0.113. The lowest BCUT2D eigenvalue weighted by atomic mass is 10.2. The van der Waals surface area contributed by atoms with Crippen LogP contribution in [0, 0.1) is 0 Å². The van der Waals surface area contributed by atoms with Crippen LogP contribution in [0.3, 0.4) is 0 Å². The number of methoxy groups -OCH3 is 2. The lowest BCUT2D eigenvalue weighted by Gasteiger charge is -2.09. The fourth-order valence-corrected chi connectivity index (χ4v) is 2.85. The van der Waals surface area contributed by atoms with E-state index in [0.717, 1.165) is 0 Å². The molecule has 0 unspecified atom stereocenters. The lowest BCUT2D eigenvalue weighted by molar-refractivity contribution is 0.0992. The van der Waals surface area contributed by atoms with Crippen molar-refractivity contribution in [2.45, 2.75) is 6.61 Å². The Kier molecular flexibility index (Phi) is 6.34. The number of halogens is 2. The smallest absolute Gasteiger partial charge is 0.291 e. The first-order chi connectivity index (χ1) is 13.5. The van der Waals surface area contributed by atoms with E-state index in [4.69, 9.17) is 41.8 Å². The van der Waals surface area contributed by atoms with Crippen LogP contribution >= 0.6 is 23.2 Å². The number of ether oxygens (including phenoxy) is 3. The van der Waals surface area contributed by atoms with E-state index in [1.807, 2.05) is 0 Å². The van der Waals surface area contributed by atoms with E-state index >= 15 is 0 Å². The Morgan fingerprint density at radius 2 is 1.71 bits per heavy atom. The molecule has 6 nitrogen and oxygen atoms in total. The molecule has 8 heteroatoms. The molecule has 0 saturated heterocycles. The third-order valence-electron chi connectivity index (χ3n) is 3.76. The van der Waals surface area contributed by atoms with Gasteiger partial charge in [0.15, 0.2) is 5.76 Å². The predicted octanol–water partition coefficient (Wildman–Crippen LogP) is 5.43. The van der Waals surface area contributed by atoms with Crippen molar-refractivity contribution in [1.82, 2.24) is 0 Å². The van der Waals surface area contributed by atoms with Gasteiger partial charge in [-0.3, -0.25) is 4.79 Å². The Labute approximate surface area is 171 Å². The molecule has 0 bridgehead atoms. The van der Waals surface area contributed by atoms with Gasteiger partial charge in [-0.25, -0.2) is 0 Å². The number of hydrogen-bond acceptors (Lipinski definition) is 5. The molecule has 1 N–H and O–H groups in total. The molecule has 0 saturated carbocycles. The Morgan fingerprint density at radius 3 is 2.36 bits per heavy atom. The Balaban J connectivity index is 1.65. The van der Waals surface area contributed by atoms with Crippen LogP contribution in [0.5, 0.6) is 17.2 Å². The van der Waals surface area contributed by atoms with Crippen molar-refractivity contribution >= 4 is 34.8 Å². The van der Waals surface area contributed by atoms with Crippen molar-refractivity contribution in [2.75, 3.05) is 19.5 Å². The highest BCUT2D eigenvalue weighted by Crippen LogP contribution is 2.29. The van der Waals surface area contributed by atoms with Crippen molar-refractivity contribution in [3.05, 3.63) is 70.1 Å². The summed E-state index contributed by atoms with van der Waals surface area (Å²) in [6.07, 6.45) is 0. The van der Waals surface area contributed by atoms with Crippen molar-refractivity contribution in [3.63, 3.8) is 0 Å². The Bertz CT molecular complexity index is 964. The molecule has 1 amide bonds. The van der Waals surface area contributed by atoms with Gasteiger partial charge in [-0.2, -0.15) is 0 Å². The van der Waals surface area contributed by atoms with Crippen LogP contribution in [0.25, 0.3) is 0 Å². The van der Waals surface area contributed by atoms with Gasteiger partial charge in [0.1, 0.15) is 29.6 Å². The van der Waals surface area contributed by atoms with E-state index in [2.05, 4.69) is 5.32 Å². The minimum atomic E-state index is -0.411. The summed E-state index contributed by atoms with van der Waals surface area (Å²) in [5.41, 5.74) is 0.517. The molecule has 0 radical (unpaired) electrons. The van der Waals surface area contributed by atoms with Gasteiger partial charge >= 0.3 is 0 Å². The van der Waals surface area contributed by atoms with Crippen molar-refractivity contribution in [3.8, 4) is 17.2 Å². The second kappa shape index (κ2) is 8.91. The van der Waals surface area contributed by atoms with Crippen molar-refractivity contribution < 1.29 is 23.4 Å². The summed E-state index contributed by atoms with van der Waals surface area (Å²) >= 11 is 11.9. The summed E-state index contributed by atoms with van der Waals surface area (Å²) in [5, 5.41) is 3.65. The van der Waals surface area contributed by atoms with Crippen LogP contribution in [0.4, 0.5) is 5.69 Å². The number of benzene rings is 2. The highest BCUT2D eigenvalue weighted by atomic mass is 35.5. The molecule has 28 heavy (non-hydrogen) atoms. The highest BCUT2D eigenvalue weighted by Gasteiger charge is 2.14. The summed E-state index contributed by atoms with van der Waals surface area (Å²) in [6, 6.07) is 13.2. The van der Waals surface area contributed by atoms with Gasteiger partial charge in [-0.1, -0.05) is 23.2 Å². The van der Waals surface area contributed by atoms with Gasteiger partial charge < -0.3 is 23.9 Å². The van der Waals surface area contributed by atoms with Crippen LogP contribution in [-0.4, -0.2) is 20.1 Å². The summed E-state index contributed by atoms with van der Waals surface area (Å²) < 4.78 is 21.5. The van der Waals surface area contributed by atoms with E-state index in [1.54, 1.807) is 48.5 Å². The maximum atomic E-state index is 12.4. The molecular formula is C20H17Cl2NO5. The number of rotatable bonds is 7. The fraction of sp³-hybridized carbons (Fsp3) is 0.150. The second-order valence-electron chi connectivity index (χ2n) is 5.68. The number of carbonyl (C=O) groups excluding carboxylic acids is 1. The highest BCUT2D eigenvalue weighted by molar-refractivity contribution is 6.35. The molecule has 0 aliphatic rings. The van der Waals surface area contributed by atoms with Gasteiger partial charge in [0.25, 0.3) is 5.91 Å². The molecule has 3 rings (SSSR count).